The second kappa shape index (κ2) is 5.03. The lowest BCUT2D eigenvalue weighted by Crippen LogP contribution is -2.01. The smallest absolute Gasteiger partial charge is 0.168 e. The standard InChI is InChI=1S/C11H12FN3S/c1-2-7-13-11-10(14-16-15-11)8-3-5-9(12)6-4-8/h3-6H,2,7H2,1H3,(H,13,15). The first-order valence-electron chi connectivity index (χ1n) is 5.13. The summed E-state index contributed by atoms with van der Waals surface area (Å²) in [6, 6.07) is 6.28. The van der Waals surface area contributed by atoms with Gasteiger partial charge in [-0.3, -0.25) is 0 Å². The molecule has 3 nitrogen and oxygen atoms in total. The summed E-state index contributed by atoms with van der Waals surface area (Å²) >= 11 is 1.16. The van der Waals surface area contributed by atoms with Crippen LogP contribution in [0, 0.1) is 5.82 Å². The van der Waals surface area contributed by atoms with Crippen LogP contribution in [0.5, 0.6) is 0 Å². The molecule has 0 aliphatic carbocycles. The summed E-state index contributed by atoms with van der Waals surface area (Å²) in [7, 11) is 0. The summed E-state index contributed by atoms with van der Waals surface area (Å²) in [5.41, 5.74) is 1.67. The molecule has 2 rings (SSSR count). The van der Waals surface area contributed by atoms with Gasteiger partial charge in [-0.05, 0) is 30.7 Å². The Morgan fingerprint density at radius 3 is 2.69 bits per heavy atom. The summed E-state index contributed by atoms with van der Waals surface area (Å²) in [4.78, 5) is 0. The van der Waals surface area contributed by atoms with Gasteiger partial charge in [-0.2, -0.15) is 8.75 Å². The zero-order chi connectivity index (χ0) is 11.4. The highest BCUT2D eigenvalue weighted by atomic mass is 32.1. The van der Waals surface area contributed by atoms with Crippen molar-refractivity contribution in [1.29, 1.82) is 0 Å². The molecule has 0 amide bonds. The van der Waals surface area contributed by atoms with Crippen molar-refractivity contribution in [2.24, 2.45) is 0 Å². The molecule has 0 unspecified atom stereocenters. The van der Waals surface area contributed by atoms with Gasteiger partial charge in [0.05, 0.1) is 11.7 Å². The Kier molecular flexibility index (Phi) is 3.46. The van der Waals surface area contributed by atoms with Crippen LogP contribution in [0.15, 0.2) is 24.3 Å². The van der Waals surface area contributed by atoms with Crippen LogP contribution in [0.3, 0.4) is 0 Å². The Bertz CT molecular complexity index is 453. The molecule has 5 heteroatoms. The van der Waals surface area contributed by atoms with Crippen LogP contribution in [-0.4, -0.2) is 15.3 Å². The second-order valence-electron chi connectivity index (χ2n) is 3.40. The van der Waals surface area contributed by atoms with Crippen molar-refractivity contribution in [1.82, 2.24) is 8.75 Å². The van der Waals surface area contributed by atoms with Gasteiger partial charge in [0.15, 0.2) is 5.82 Å². The topological polar surface area (TPSA) is 37.8 Å². The van der Waals surface area contributed by atoms with E-state index in [1.54, 1.807) is 12.1 Å². The minimum atomic E-state index is -0.241. The van der Waals surface area contributed by atoms with Crippen molar-refractivity contribution in [2.45, 2.75) is 13.3 Å². The third-order valence-electron chi connectivity index (χ3n) is 2.15. The maximum Gasteiger partial charge on any atom is 0.168 e. The lowest BCUT2D eigenvalue weighted by Gasteiger charge is -2.03. The number of benzene rings is 1. The fourth-order valence-corrected chi connectivity index (χ4v) is 1.89. The average Bonchev–Trinajstić information content (AvgIpc) is 2.75. The molecular formula is C11H12FN3S. The van der Waals surface area contributed by atoms with E-state index in [1.807, 2.05) is 0 Å². The number of rotatable bonds is 4. The number of halogens is 1. The van der Waals surface area contributed by atoms with E-state index >= 15 is 0 Å². The predicted molar refractivity (Wildman–Crippen MR) is 64.1 cm³/mol. The van der Waals surface area contributed by atoms with E-state index < -0.39 is 0 Å². The third-order valence-corrected chi connectivity index (χ3v) is 2.68. The number of nitrogens with one attached hydrogen (secondary N) is 1. The van der Waals surface area contributed by atoms with Gasteiger partial charge in [-0.1, -0.05) is 6.92 Å². The predicted octanol–water partition coefficient (Wildman–Crippen LogP) is 3.17. The number of nitrogens with zero attached hydrogens (tertiary/aromatic N) is 2. The highest BCUT2D eigenvalue weighted by Gasteiger charge is 2.09. The van der Waals surface area contributed by atoms with Gasteiger partial charge >= 0.3 is 0 Å². The van der Waals surface area contributed by atoms with Crippen LogP contribution < -0.4 is 5.32 Å². The van der Waals surface area contributed by atoms with E-state index in [0.29, 0.717) is 0 Å². The molecule has 0 saturated carbocycles. The molecule has 2 aromatic rings. The first kappa shape index (κ1) is 11.0. The molecule has 0 aliphatic heterocycles. The normalized spacial score (nSPS) is 10.4. The van der Waals surface area contributed by atoms with E-state index in [9.17, 15) is 4.39 Å². The lowest BCUT2D eigenvalue weighted by atomic mass is 10.1. The van der Waals surface area contributed by atoms with Crippen molar-refractivity contribution in [3.8, 4) is 11.3 Å². The Hall–Kier alpha value is -1.49. The van der Waals surface area contributed by atoms with Gasteiger partial charge in [0.1, 0.15) is 11.5 Å². The van der Waals surface area contributed by atoms with Crippen molar-refractivity contribution < 1.29 is 4.39 Å². The monoisotopic (exact) mass is 237 g/mol. The van der Waals surface area contributed by atoms with Gasteiger partial charge in [0.25, 0.3) is 0 Å². The van der Waals surface area contributed by atoms with Crippen molar-refractivity contribution in [2.75, 3.05) is 11.9 Å². The summed E-state index contributed by atoms with van der Waals surface area (Å²) < 4.78 is 21.2. The summed E-state index contributed by atoms with van der Waals surface area (Å²) in [5, 5.41) is 3.20. The van der Waals surface area contributed by atoms with Gasteiger partial charge < -0.3 is 5.32 Å². The second-order valence-corrected chi connectivity index (χ2v) is 3.92. The van der Waals surface area contributed by atoms with Crippen molar-refractivity contribution >= 4 is 17.5 Å². The van der Waals surface area contributed by atoms with Crippen LogP contribution >= 0.6 is 11.7 Å². The molecule has 1 heterocycles. The highest BCUT2D eigenvalue weighted by molar-refractivity contribution is 6.99. The Balaban J connectivity index is 2.26. The molecule has 1 aromatic carbocycles. The van der Waals surface area contributed by atoms with Crippen molar-refractivity contribution in [3.63, 3.8) is 0 Å². The minimum absolute atomic E-state index is 0.241. The lowest BCUT2D eigenvalue weighted by molar-refractivity contribution is 0.628. The summed E-state index contributed by atoms with van der Waals surface area (Å²) in [6.45, 7) is 2.95. The van der Waals surface area contributed by atoms with Crippen LogP contribution in [0.4, 0.5) is 10.2 Å². The minimum Gasteiger partial charge on any atom is -0.367 e. The first-order chi connectivity index (χ1) is 7.81. The van der Waals surface area contributed by atoms with E-state index in [0.717, 1.165) is 41.8 Å². The Morgan fingerprint density at radius 1 is 1.25 bits per heavy atom. The van der Waals surface area contributed by atoms with Crippen molar-refractivity contribution in [3.05, 3.63) is 30.1 Å². The highest BCUT2D eigenvalue weighted by Crippen LogP contribution is 2.25. The fourth-order valence-electron chi connectivity index (χ4n) is 1.35. The number of hydrogen-bond donors (Lipinski definition) is 1. The van der Waals surface area contributed by atoms with Gasteiger partial charge in [0.2, 0.25) is 0 Å². The van der Waals surface area contributed by atoms with E-state index in [1.165, 1.54) is 12.1 Å². The molecular weight excluding hydrogens is 225 g/mol. The first-order valence-corrected chi connectivity index (χ1v) is 5.86. The van der Waals surface area contributed by atoms with Gasteiger partial charge in [-0.25, -0.2) is 4.39 Å². The summed E-state index contributed by atoms with van der Waals surface area (Å²) in [6.07, 6.45) is 1.03. The molecule has 0 saturated heterocycles. The van der Waals surface area contributed by atoms with E-state index in [4.69, 9.17) is 0 Å². The SMILES string of the molecule is CCCNc1nsnc1-c1ccc(F)cc1. The maximum atomic E-state index is 12.8. The molecule has 1 aromatic heterocycles. The molecule has 0 aliphatic rings. The quantitative estimate of drug-likeness (QED) is 0.887. The molecule has 1 N–H and O–H groups in total. The molecule has 0 fully saturated rings. The molecule has 0 bridgehead atoms. The largest absolute Gasteiger partial charge is 0.367 e. The molecule has 0 spiro atoms. The van der Waals surface area contributed by atoms with Crippen LogP contribution in [0.25, 0.3) is 11.3 Å². The zero-order valence-corrected chi connectivity index (χ0v) is 9.72. The summed E-state index contributed by atoms with van der Waals surface area (Å²) in [5.74, 6) is 0.536. The zero-order valence-electron chi connectivity index (χ0n) is 8.90. The Morgan fingerprint density at radius 2 is 2.00 bits per heavy atom. The Labute approximate surface area is 97.7 Å². The van der Waals surface area contributed by atoms with Gasteiger partial charge in [-0.15, -0.1) is 0 Å². The van der Waals surface area contributed by atoms with Crippen LogP contribution in [0.1, 0.15) is 13.3 Å². The third kappa shape index (κ3) is 2.36. The number of aromatic nitrogens is 2. The van der Waals surface area contributed by atoms with E-state index in [2.05, 4.69) is 21.0 Å². The maximum absolute atomic E-state index is 12.8. The van der Waals surface area contributed by atoms with Crippen LogP contribution in [0.2, 0.25) is 0 Å². The number of hydrogen-bond acceptors (Lipinski definition) is 4. The van der Waals surface area contributed by atoms with E-state index in [-0.39, 0.29) is 5.82 Å². The number of anilines is 1. The van der Waals surface area contributed by atoms with Gasteiger partial charge in [0, 0.05) is 12.1 Å². The van der Waals surface area contributed by atoms with Crippen LogP contribution in [-0.2, 0) is 0 Å². The fraction of sp³-hybridized carbons (Fsp3) is 0.273. The molecule has 0 atom stereocenters. The molecule has 0 radical (unpaired) electrons. The molecule has 16 heavy (non-hydrogen) atoms. The molecule has 84 valence electrons. The average molecular weight is 237 g/mol.